The van der Waals surface area contributed by atoms with Gasteiger partial charge >= 0.3 is 0 Å². The molecular weight excluding hydrogens is 377 g/mol. The third kappa shape index (κ3) is 4.22. The van der Waals surface area contributed by atoms with Gasteiger partial charge in [-0.15, -0.1) is 0 Å². The summed E-state index contributed by atoms with van der Waals surface area (Å²) in [6.45, 7) is 1.35. The van der Waals surface area contributed by atoms with Crippen molar-refractivity contribution in [1.29, 1.82) is 0 Å². The molecule has 7 nitrogen and oxygen atoms in total. The number of hydrogen-bond acceptors (Lipinski definition) is 5. The zero-order valence-electron chi connectivity index (χ0n) is 15.9. The summed E-state index contributed by atoms with van der Waals surface area (Å²) in [5, 5.41) is 4.32. The highest BCUT2D eigenvalue weighted by atomic mass is 19.1. The van der Waals surface area contributed by atoms with Crippen LogP contribution in [0.3, 0.4) is 0 Å². The maximum Gasteiger partial charge on any atom is 0.274 e. The van der Waals surface area contributed by atoms with Crippen LogP contribution in [-0.2, 0) is 11.3 Å². The molecule has 0 bridgehead atoms. The Morgan fingerprint density at radius 3 is 2.90 bits per heavy atom. The zero-order valence-corrected chi connectivity index (χ0v) is 15.9. The van der Waals surface area contributed by atoms with Gasteiger partial charge in [0.25, 0.3) is 5.91 Å². The monoisotopic (exact) mass is 397 g/mol. The summed E-state index contributed by atoms with van der Waals surface area (Å²) in [5.74, 6) is 0.750. The number of rotatable bonds is 7. The van der Waals surface area contributed by atoms with Crippen molar-refractivity contribution in [2.24, 2.45) is 0 Å². The summed E-state index contributed by atoms with van der Waals surface area (Å²) in [4.78, 5) is 14.7. The van der Waals surface area contributed by atoms with Gasteiger partial charge < -0.3 is 19.1 Å². The van der Waals surface area contributed by atoms with Gasteiger partial charge in [0, 0.05) is 26.4 Å². The van der Waals surface area contributed by atoms with Crippen LogP contribution < -0.4 is 9.47 Å². The molecule has 0 radical (unpaired) electrons. The van der Waals surface area contributed by atoms with Crippen LogP contribution >= 0.6 is 0 Å². The molecule has 1 aromatic heterocycles. The van der Waals surface area contributed by atoms with Crippen LogP contribution in [0, 0.1) is 5.82 Å². The lowest BCUT2D eigenvalue weighted by atomic mass is 10.2. The SMILES string of the molecule is COCCN(Cc1ccc2c(c1)OCO2)C(=O)c1ccn(-c2cccc(F)c2)n1. The molecule has 8 heteroatoms. The second-order valence-corrected chi connectivity index (χ2v) is 6.53. The molecule has 29 heavy (non-hydrogen) atoms. The number of carbonyl (C=O) groups excluding carboxylic acids is 1. The Morgan fingerprint density at radius 1 is 1.21 bits per heavy atom. The molecule has 0 aliphatic carbocycles. The summed E-state index contributed by atoms with van der Waals surface area (Å²) in [6, 6.07) is 13.2. The molecular formula is C21H20FN3O4. The molecule has 150 valence electrons. The van der Waals surface area contributed by atoms with E-state index in [0.717, 1.165) is 5.56 Å². The van der Waals surface area contributed by atoms with E-state index in [2.05, 4.69) is 5.10 Å². The first-order valence-corrected chi connectivity index (χ1v) is 9.12. The molecule has 0 spiro atoms. The maximum atomic E-state index is 13.5. The number of halogens is 1. The van der Waals surface area contributed by atoms with Gasteiger partial charge in [-0.1, -0.05) is 12.1 Å². The minimum absolute atomic E-state index is 0.197. The first kappa shape index (κ1) is 18.9. The van der Waals surface area contributed by atoms with Crippen molar-refractivity contribution < 1.29 is 23.4 Å². The van der Waals surface area contributed by atoms with Gasteiger partial charge in [-0.05, 0) is 42.0 Å². The quantitative estimate of drug-likeness (QED) is 0.613. The first-order chi connectivity index (χ1) is 14.1. The standard InChI is InChI=1S/C21H20FN3O4/c1-27-10-9-24(13-15-5-6-19-20(11-15)29-14-28-19)21(26)18-7-8-25(23-18)17-4-2-3-16(22)12-17/h2-8,11-12H,9-10,13-14H2,1H3. The fourth-order valence-electron chi connectivity index (χ4n) is 3.08. The van der Waals surface area contributed by atoms with Crippen LogP contribution in [-0.4, -0.2) is 47.6 Å². The van der Waals surface area contributed by atoms with Gasteiger partial charge in [-0.25, -0.2) is 9.07 Å². The molecule has 2 heterocycles. The number of hydrogen-bond donors (Lipinski definition) is 0. The summed E-state index contributed by atoms with van der Waals surface area (Å²) in [5.41, 5.74) is 1.72. The van der Waals surface area contributed by atoms with Gasteiger partial charge in [0.05, 0.1) is 12.3 Å². The largest absolute Gasteiger partial charge is 0.454 e. The second kappa shape index (κ2) is 8.32. The molecule has 1 aliphatic heterocycles. The molecule has 0 atom stereocenters. The predicted molar refractivity (Wildman–Crippen MR) is 103 cm³/mol. The molecule has 0 fully saturated rings. The summed E-state index contributed by atoms with van der Waals surface area (Å²) >= 11 is 0. The van der Waals surface area contributed by atoms with Crippen LogP contribution in [0.15, 0.2) is 54.7 Å². The van der Waals surface area contributed by atoms with E-state index in [0.29, 0.717) is 36.9 Å². The molecule has 2 aromatic carbocycles. The van der Waals surface area contributed by atoms with Crippen LogP contribution in [0.2, 0.25) is 0 Å². The number of amides is 1. The van der Waals surface area contributed by atoms with Gasteiger partial charge in [-0.2, -0.15) is 5.10 Å². The number of methoxy groups -OCH3 is 1. The van der Waals surface area contributed by atoms with E-state index < -0.39 is 0 Å². The van der Waals surface area contributed by atoms with Crippen LogP contribution in [0.4, 0.5) is 4.39 Å². The number of fused-ring (bicyclic) bond motifs is 1. The smallest absolute Gasteiger partial charge is 0.274 e. The van der Waals surface area contributed by atoms with Crippen molar-refractivity contribution in [1.82, 2.24) is 14.7 Å². The fraction of sp³-hybridized carbons (Fsp3) is 0.238. The Kier molecular flexibility index (Phi) is 5.44. The number of carbonyl (C=O) groups is 1. The molecule has 0 saturated carbocycles. The lowest BCUT2D eigenvalue weighted by molar-refractivity contribution is 0.0674. The number of ether oxygens (including phenoxy) is 3. The Labute approximate surface area is 167 Å². The lowest BCUT2D eigenvalue weighted by Crippen LogP contribution is -2.33. The normalized spacial score (nSPS) is 12.2. The number of nitrogens with zero attached hydrogens (tertiary/aromatic N) is 3. The van der Waals surface area contributed by atoms with E-state index in [9.17, 15) is 9.18 Å². The molecule has 0 N–H and O–H groups in total. The van der Waals surface area contributed by atoms with Crippen molar-refractivity contribution in [2.45, 2.75) is 6.54 Å². The molecule has 0 unspecified atom stereocenters. The van der Waals surface area contributed by atoms with E-state index in [1.807, 2.05) is 18.2 Å². The van der Waals surface area contributed by atoms with Crippen LogP contribution in [0.1, 0.15) is 16.1 Å². The third-order valence-electron chi connectivity index (χ3n) is 4.54. The van der Waals surface area contributed by atoms with E-state index in [-0.39, 0.29) is 24.2 Å². The number of aromatic nitrogens is 2. The maximum absolute atomic E-state index is 13.5. The Balaban J connectivity index is 1.54. The average molecular weight is 397 g/mol. The summed E-state index contributed by atoms with van der Waals surface area (Å²) in [6.07, 6.45) is 1.64. The minimum Gasteiger partial charge on any atom is -0.454 e. The third-order valence-corrected chi connectivity index (χ3v) is 4.54. The van der Waals surface area contributed by atoms with E-state index in [4.69, 9.17) is 14.2 Å². The fourth-order valence-corrected chi connectivity index (χ4v) is 3.08. The van der Waals surface area contributed by atoms with Gasteiger partial charge in [0.15, 0.2) is 17.2 Å². The van der Waals surface area contributed by atoms with Crippen molar-refractivity contribution in [2.75, 3.05) is 27.1 Å². The van der Waals surface area contributed by atoms with E-state index in [1.54, 1.807) is 36.4 Å². The van der Waals surface area contributed by atoms with Gasteiger partial charge in [0.1, 0.15) is 5.82 Å². The highest BCUT2D eigenvalue weighted by molar-refractivity contribution is 5.92. The van der Waals surface area contributed by atoms with Crippen LogP contribution in [0.25, 0.3) is 5.69 Å². The Morgan fingerprint density at radius 2 is 2.07 bits per heavy atom. The zero-order chi connectivity index (χ0) is 20.2. The average Bonchev–Trinajstić information content (AvgIpc) is 3.40. The molecule has 3 aromatic rings. The highest BCUT2D eigenvalue weighted by Crippen LogP contribution is 2.32. The molecule has 4 rings (SSSR count). The van der Waals surface area contributed by atoms with E-state index >= 15 is 0 Å². The van der Waals surface area contributed by atoms with Crippen molar-refractivity contribution >= 4 is 5.91 Å². The predicted octanol–water partition coefficient (Wildman–Crippen LogP) is 3.03. The lowest BCUT2D eigenvalue weighted by Gasteiger charge is -2.21. The first-order valence-electron chi connectivity index (χ1n) is 9.12. The number of benzene rings is 2. The summed E-state index contributed by atoms with van der Waals surface area (Å²) in [7, 11) is 1.59. The van der Waals surface area contributed by atoms with E-state index in [1.165, 1.54) is 16.8 Å². The van der Waals surface area contributed by atoms with Gasteiger partial charge in [-0.3, -0.25) is 4.79 Å². The van der Waals surface area contributed by atoms with Crippen molar-refractivity contribution in [3.05, 3.63) is 71.8 Å². The second-order valence-electron chi connectivity index (χ2n) is 6.53. The van der Waals surface area contributed by atoms with Gasteiger partial charge in [0.2, 0.25) is 6.79 Å². The Bertz CT molecular complexity index is 1020. The topological polar surface area (TPSA) is 65.8 Å². The Hall–Kier alpha value is -3.39. The highest BCUT2D eigenvalue weighted by Gasteiger charge is 2.21. The molecule has 1 amide bonds. The van der Waals surface area contributed by atoms with Crippen LogP contribution in [0.5, 0.6) is 11.5 Å². The minimum atomic E-state index is -0.365. The molecule has 1 aliphatic rings. The molecule has 0 saturated heterocycles. The van der Waals surface area contributed by atoms with Crippen molar-refractivity contribution in [3.8, 4) is 17.2 Å². The summed E-state index contributed by atoms with van der Waals surface area (Å²) < 4.78 is 30.8. The van der Waals surface area contributed by atoms with Crippen molar-refractivity contribution in [3.63, 3.8) is 0 Å².